The van der Waals surface area contributed by atoms with Crippen LogP contribution in [-0.2, 0) is 4.74 Å². The molecule has 0 saturated carbocycles. The van der Waals surface area contributed by atoms with Gasteiger partial charge in [-0.1, -0.05) is 32.0 Å². The largest absolute Gasteiger partial charge is 0.380 e. The Balaban J connectivity index is 2.42. The molecule has 5 nitrogen and oxygen atoms in total. The number of benzene rings is 1. The zero-order valence-corrected chi connectivity index (χ0v) is 14.2. The lowest BCUT2D eigenvalue weighted by Crippen LogP contribution is -2.45. The van der Waals surface area contributed by atoms with Gasteiger partial charge in [-0.25, -0.2) is 0 Å². The molecule has 1 rings (SSSR count). The number of rotatable bonds is 9. The molecule has 3 N–H and O–H groups in total. The normalized spacial score (nSPS) is 13.0. The highest BCUT2D eigenvalue weighted by atomic mass is 16.5. The van der Waals surface area contributed by atoms with Crippen molar-refractivity contribution in [2.45, 2.75) is 26.8 Å². The first-order valence-electron chi connectivity index (χ1n) is 8.01. The maximum Gasteiger partial charge on any atom is 0.191 e. The molecular weight excluding hydrogens is 276 g/mol. The molecule has 0 aromatic heterocycles. The van der Waals surface area contributed by atoms with Crippen molar-refractivity contribution >= 4 is 11.6 Å². The van der Waals surface area contributed by atoms with Crippen LogP contribution in [0.2, 0.25) is 0 Å². The standard InChI is InChI=1S/C17H30N4O/c1-5-22-12-11-19-17(18-4)20-13-16(14(2)3)21-15-9-7-6-8-10-15/h6-10,14,16,21H,5,11-13H2,1-4H3,(H2,18,19,20). The van der Waals surface area contributed by atoms with E-state index in [2.05, 4.69) is 46.9 Å². The average molecular weight is 306 g/mol. The Labute approximate surface area is 134 Å². The number of para-hydroxylation sites is 1. The number of guanidine groups is 1. The lowest BCUT2D eigenvalue weighted by Gasteiger charge is -2.25. The van der Waals surface area contributed by atoms with E-state index < -0.39 is 0 Å². The van der Waals surface area contributed by atoms with Crippen LogP contribution in [0.1, 0.15) is 20.8 Å². The van der Waals surface area contributed by atoms with Crippen LogP contribution in [-0.4, -0.2) is 45.4 Å². The molecule has 0 spiro atoms. The van der Waals surface area contributed by atoms with E-state index in [0.29, 0.717) is 18.6 Å². The fourth-order valence-electron chi connectivity index (χ4n) is 2.02. The monoisotopic (exact) mass is 306 g/mol. The summed E-state index contributed by atoms with van der Waals surface area (Å²) in [5.74, 6) is 1.31. The highest BCUT2D eigenvalue weighted by molar-refractivity contribution is 5.79. The minimum absolute atomic E-state index is 0.327. The Hall–Kier alpha value is -1.75. The number of nitrogens with zero attached hydrogens (tertiary/aromatic N) is 1. The number of aliphatic imine (C=N–C) groups is 1. The minimum Gasteiger partial charge on any atom is -0.380 e. The quantitative estimate of drug-likeness (QED) is 0.372. The zero-order chi connectivity index (χ0) is 16.2. The topological polar surface area (TPSA) is 57.7 Å². The van der Waals surface area contributed by atoms with Crippen LogP contribution in [0.25, 0.3) is 0 Å². The van der Waals surface area contributed by atoms with Crippen LogP contribution >= 0.6 is 0 Å². The molecule has 0 aliphatic heterocycles. The lowest BCUT2D eigenvalue weighted by atomic mass is 10.0. The van der Waals surface area contributed by atoms with Gasteiger partial charge in [-0.15, -0.1) is 0 Å². The Morgan fingerprint density at radius 2 is 1.91 bits per heavy atom. The Morgan fingerprint density at radius 3 is 2.50 bits per heavy atom. The molecule has 0 radical (unpaired) electrons. The van der Waals surface area contributed by atoms with Crippen LogP contribution in [0, 0.1) is 5.92 Å². The van der Waals surface area contributed by atoms with Crippen molar-refractivity contribution in [2.24, 2.45) is 10.9 Å². The van der Waals surface area contributed by atoms with E-state index in [9.17, 15) is 0 Å². The molecular formula is C17H30N4O. The molecule has 1 atom stereocenters. The van der Waals surface area contributed by atoms with Gasteiger partial charge in [0.1, 0.15) is 0 Å². The van der Waals surface area contributed by atoms with Gasteiger partial charge >= 0.3 is 0 Å². The van der Waals surface area contributed by atoms with Gasteiger partial charge in [-0.2, -0.15) is 0 Å². The van der Waals surface area contributed by atoms with Gasteiger partial charge in [0, 0.05) is 38.5 Å². The second-order valence-corrected chi connectivity index (χ2v) is 5.44. The van der Waals surface area contributed by atoms with E-state index >= 15 is 0 Å². The number of hydrogen-bond acceptors (Lipinski definition) is 3. The van der Waals surface area contributed by atoms with E-state index in [0.717, 1.165) is 31.3 Å². The van der Waals surface area contributed by atoms with Crippen molar-refractivity contribution in [3.05, 3.63) is 30.3 Å². The van der Waals surface area contributed by atoms with Crippen molar-refractivity contribution < 1.29 is 4.74 Å². The van der Waals surface area contributed by atoms with Gasteiger partial charge in [0.2, 0.25) is 0 Å². The number of nitrogens with one attached hydrogen (secondary N) is 3. The molecule has 5 heteroatoms. The third kappa shape index (κ3) is 7.31. The van der Waals surface area contributed by atoms with Gasteiger partial charge in [0.25, 0.3) is 0 Å². The Morgan fingerprint density at radius 1 is 1.18 bits per heavy atom. The van der Waals surface area contributed by atoms with Gasteiger partial charge in [-0.05, 0) is 25.0 Å². The van der Waals surface area contributed by atoms with Crippen LogP contribution in [0.15, 0.2) is 35.3 Å². The van der Waals surface area contributed by atoms with E-state index in [4.69, 9.17) is 4.74 Å². The number of anilines is 1. The molecule has 124 valence electrons. The van der Waals surface area contributed by atoms with Crippen LogP contribution in [0.5, 0.6) is 0 Å². The summed E-state index contributed by atoms with van der Waals surface area (Å²) in [6.07, 6.45) is 0. The molecule has 1 aromatic carbocycles. The highest BCUT2D eigenvalue weighted by Crippen LogP contribution is 2.11. The lowest BCUT2D eigenvalue weighted by molar-refractivity contribution is 0.152. The van der Waals surface area contributed by atoms with E-state index in [1.807, 2.05) is 25.1 Å². The summed E-state index contributed by atoms with van der Waals surface area (Å²) >= 11 is 0. The summed E-state index contributed by atoms with van der Waals surface area (Å²) in [6, 6.07) is 10.6. The highest BCUT2D eigenvalue weighted by Gasteiger charge is 2.13. The van der Waals surface area contributed by atoms with Crippen molar-refractivity contribution in [1.29, 1.82) is 0 Å². The van der Waals surface area contributed by atoms with Gasteiger partial charge in [0.15, 0.2) is 5.96 Å². The molecule has 22 heavy (non-hydrogen) atoms. The molecule has 0 bridgehead atoms. The van der Waals surface area contributed by atoms with Crippen molar-refractivity contribution in [3.8, 4) is 0 Å². The van der Waals surface area contributed by atoms with E-state index in [1.165, 1.54) is 0 Å². The van der Waals surface area contributed by atoms with E-state index in [-0.39, 0.29) is 0 Å². The SMILES string of the molecule is CCOCCNC(=NC)NCC(Nc1ccccc1)C(C)C. The first-order chi connectivity index (χ1) is 10.7. The maximum absolute atomic E-state index is 5.31. The Bertz CT molecular complexity index is 420. The molecule has 0 aliphatic rings. The molecule has 0 aliphatic carbocycles. The van der Waals surface area contributed by atoms with Crippen LogP contribution in [0.4, 0.5) is 5.69 Å². The third-order valence-corrected chi connectivity index (χ3v) is 3.39. The van der Waals surface area contributed by atoms with Gasteiger partial charge in [0.05, 0.1) is 6.61 Å². The fraction of sp³-hybridized carbons (Fsp3) is 0.588. The Kier molecular flexibility index (Phi) is 9.07. The predicted octanol–water partition coefficient (Wildman–Crippen LogP) is 2.32. The molecule has 0 fully saturated rings. The van der Waals surface area contributed by atoms with Crippen LogP contribution in [0.3, 0.4) is 0 Å². The minimum atomic E-state index is 0.327. The van der Waals surface area contributed by atoms with Gasteiger partial charge < -0.3 is 20.7 Å². The molecule has 0 saturated heterocycles. The second kappa shape index (κ2) is 10.9. The average Bonchev–Trinajstić information content (AvgIpc) is 2.53. The summed E-state index contributed by atoms with van der Waals surface area (Å²) in [4.78, 5) is 4.24. The molecule has 0 amide bonds. The van der Waals surface area contributed by atoms with Crippen molar-refractivity contribution in [1.82, 2.24) is 10.6 Å². The van der Waals surface area contributed by atoms with Gasteiger partial charge in [-0.3, -0.25) is 4.99 Å². The first-order valence-corrected chi connectivity index (χ1v) is 8.01. The number of hydrogen-bond donors (Lipinski definition) is 3. The summed E-state index contributed by atoms with van der Waals surface area (Å²) in [7, 11) is 1.78. The molecule has 1 unspecified atom stereocenters. The smallest absolute Gasteiger partial charge is 0.191 e. The fourth-order valence-corrected chi connectivity index (χ4v) is 2.02. The van der Waals surface area contributed by atoms with Crippen molar-refractivity contribution in [3.63, 3.8) is 0 Å². The zero-order valence-electron chi connectivity index (χ0n) is 14.2. The summed E-state index contributed by atoms with van der Waals surface area (Å²) in [6.45, 7) is 9.42. The summed E-state index contributed by atoms with van der Waals surface area (Å²) in [5.41, 5.74) is 1.14. The maximum atomic E-state index is 5.31. The second-order valence-electron chi connectivity index (χ2n) is 5.44. The molecule has 1 aromatic rings. The predicted molar refractivity (Wildman–Crippen MR) is 94.5 cm³/mol. The van der Waals surface area contributed by atoms with E-state index in [1.54, 1.807) is 7.05 Å². The van der Waals surface area contributed by atoms with Crippen molar-refractivity contribution in [2.75, 3.05) is 38.7 Å². The third-order valence-electron chi connectivity index (χ3n) is 3.39. The first kappa shape index (κ1) is 18.3. The molecule has 0 heterocycles. The summed E-state index contributed by atoms with van der Waals surface area (Å²) < 4.78 is 5.31. The number of ether oxygens (including phenoxy) is 1. The summed E-state index contributed by atoms with van der Waals surface area (Å²) in [5, 5.41) is 10.2. The van der Waals surface area contributed by atoms with Crippen LogP contribution < -0.4 is 16.0 Å².